The van der Waals surface area contributed by atoms with Crippen LogP contribution in [0.1, 0.15) is 53.2 Å². The summed E-state index contributed by atoms with van der Waals surface area (Å²) >= 11 is 0. The third-order valence-electron chi connectivity index (χ3n) is 10.6. The Morgan fingerprint density at radius 2 is 1.63 bits per heavy atom. The molecule has 5 aromatic rings. The van der Waals surface area contributed by atoms with Crippen molar-refractivity contribution in [1.82, 2.24) is 29.8 Å². The number of piperidine rings is 1. The number of rotatable bonds is 6. The number of imide groups is 1. The summed E-state index contributed by atoms with van der Waals surface area (Å²) in [5.74, 6) is 0.613. The van der Waals surface area contributed by atoms with Gasteiger partial charge in [0.25, 0.3) is 5.91 Å². The number of nitrogens with zero attached hydrogens (tertiary/aromatic N) is 8. The van der Waals surface area contributed by atoms with Crippen LogP contribution in [0.2, 0.25) is 0 Å². The van der Waals surface area contributed by atoms with Crippen LogP contribution in [0.5, 0.6) is 0 Å². The number of anilines is 3. The van der Waals surface area contributed by atoms with Crippen LogP contribution >= 0.6 is 0 Å². The number of hydrogen-bond acceptors (Lipinski definition) is 9. The minimum Gasteiger partial charge on any atom is -0.368 e. The molecule has 12 nitrogen and oxygen atoms in total. The lowest BCUT2D eigenvalue weighted by Gasteiger charge is -2.37. The zero-order valence-electron chi connectivity index (χ0n) is 27.9. The molecule has 13 heteroatoms. The second-order valence-electron chi connectivity index (χ2n) is 13.6. The number of nitrogens with one attached hydrogen (secondary N) is 1. The molecule has 3 aromatic heterocycles. The quantitative estimate of drug-likeness (QED) is 0.260. The largest absolute Gasteiger partial charge is 0.368 e. The number of benzene rings is 2. The van der Waals surface area contributed by atoms with Crippen LogP contribution in [0.4, 0.5) is 21.7 Å². The van der Waals surface area contributed by atoms with Gasteiger partial charge in [0.1, 0.15) is 29.2 Å². The van der Waals surface area contributed by atoms with E-state index in [1.165, 1.54) is 6.07 Å². The summed E-state index contributed by atoms with van der Waals surface area (Å²) in [6.07, 6.45) is 4.33. The third-order valence-corrected chi connectivity index (χ3v) is 10.6. The normalized spacial score (nSPS) is 20.8. The van der Waals surface area contributed by atoms with Crippen LogP contribution in [0.25, 0.3) is 17.0 Å². The molecule has 7 heterocycles. The number of amides is 3. The van der Waals surface area contributed by atoms with Crippen LogP contribution in [-0.4, -0.2) is 81.0 Å². The molecule has 4 aliphatic heterocycles. The monoisotopic (exact) mass is 685 g/mol. The second kappa shape index (κ2) is 12.5. The maximum Gasteiger partial charge on any atom is 0.255 e. The summed E-state index contributed by atoms with van der Waals surface area (Å²) < 4.78 is 15.9. The summed E-state index contributed by atoms with van der Waals surface area (Å²) in [7, 11) is 0. The molecule has 9 rings (SSSR count). The van der Waals surface area contributed by atoms with Gasteiger partial charge in [-0.1, -0.05) is 18.2 Å². The topological polar surface area (TPSA) is 119 Å². The lowest BCUT2D eigenvalue weighted by Crippen LogP contribution is -2.52. The molecule has 3 amide bonds. The molecular formula is C38H36FN9O3. The summed E-state index contributed by atoms with van der Waals surface area (Å²) in [6.45, 7) is 4.28. The van der Waals surface area contributed by atoms with Gasteiger partial charge in [-0.15, -0.1) is 5.10 Å². The van der Waals surface area contributed by atoms with Crippen LogP contribution < -0.4 is 20.0 Å². The number of imidazole rings is 1. The third kappa shape index (κ3) is 5.62. The smallest absolute Gasteiger partial charge is 0.255 e. The summed E-state index contributed by atoms with van der Waals surface area (Å²) in [6, 6.07) is 22.1. The average molecular weight is 686 g/mol. The zero-order chi connectivity index (χ0) is 34.6. The number of aromatic nitrogens is 4. The van der Waals surface area contributed by atoms with E-state index >= 15 is 0 Å². The molecule has 0 spiro atoms. The highest BCUT2D eigenvalue weighted by Crippen LogP contribution is 2.36. The number of piperazine rings is 1. The SMILES string of the molecule is O=C1CCC(N2Cc3cc(N4CCN(c5cccc(-c6cnc7ccc(N8CCCC8c8cccc(F)c8)nn67)n5)CC4)ccc3C2=O)C(=O)N1. The first-order valence-electron chi connectivity index (χ1n) is 17.5. The second-order valence-corrected chi connectivity index (χ2v) is 13.6. The Kier molecular flexibility index (Phi) is 7.63. The molecule has 2 aromatic carbocycles. The molecule has 0 saturated carbocycles. The fraction of sp³-hybridized carbons (Fsp3) is 0.316. The predicted octanol–water partition coefficient (Wildman–Crippen LogP) is 4.36. The molecule has 2 unspecified atom stereocenters. The Morgan fingerprint density at radius 1 is 0.784 bits per heavy atom. The van der Waals surface area contributed by atoms with Crippen LogP contribution in [0, 0.1) is 5.82 Å². The van der Waals surface area contributed by atoms with Crippen molar-refractivity contribution in [2.24, 2.45) is 0 Å². The van der Waals surface area contributed by atoms with Crippen LogP contribution in [0.15, 0.2) is 79.0 Å². The Morgan fingerprint density at radius 3 is 2.47 bits per heavy atom. The Labute approximate surface area is 293 Å². The lowest BCUT2D eigenvalue weighted by atomic mass is 10.0. The molecule has 3 fully saturated rings. The van der Waals surface area contributed by atoms with Crippen molar-refractivity contribution >= 4 is 40.7 Å². The Balaban J connectivity index is 0.896. The first-order valence-corrected chi connectivity index (χ1v) is 17.5. The number of halogens is 1. The van der Waals surface area contributed by atoms with E-state index in [9.17, 15) is 18.8 Å². The first kappa shape index (κ1) is 31.2. The van der Waals surface area contributed by atoms with E-state index in [2.05, 4.69) is 31.1 Å². The van der Waals surface area contributed by atoms with Crippen molar-refractivity contribution in [3.05, 3.63) is 102 Å². The van der Waals surface area contributed by atoms with Gasteiger partial charge in [-0.25, -0.2) is 18.9 Å². The van der Waals surface area contributed by atoms with Gasteiger partial charge in [-0.3, -0.25) is 19.7 Å². The predicted molar refractivity (Wildman–Crippen MR) is 189 cm³/mol. The van der Waals surface area contributed by atoms with Gasteiger partial charge in [0.2, 0.25) is 11.8 Å². The van der Waals surface area contributed by atoms with Gasteiger partial charge in [-0.2, -0.15) is 0 Å². The summed E-state index contributed by atoms with van der Waals surface area (Å²) in [4.78, 5) is 55.3. The number of fused-ring (bicyclic) bond motifs is 2. The summed E-state index contributed by atoms with van der Waals surface area (Å²) in [5, 5.41) is 7.38. The van der Waals surface area contributed by atoms with E-state index in [1.54, 1.807) is 17.0 Å². The zero-order valence-corrected chi connectivity index (χ0v) is 27.9. The molecule has 3 saturated heterocycles. The molecule has 4 aliphatic rings. The Hall–Kier alpha value is -5.85. The number of carbonyl (C=O) groups is 3. The minimum absolute atomic E-state index is 0.0598. The van der Waals surface area contributed by atoms with Crippen LogP contribution in [0.3, 0.4) is 0 Å². The van der Waals surface area contributed by atoms with E-state index < -0.39 is 11.9 Å². The van der Waals surface area contributed by atoms with E-state index in [1.807, 2.05) is 59.2 Å². The average Bonchev–Trinajstić information content (AvgIpc) is 3.89. The fourth-order valence-electron chi connectivity index (χ4n) is 7.99. The minimum atomic E-state index is -0.625. The van der Waals surface area contributed by atoms with Gasteiger partial charge in [0.05, 0.1) is 17.9 Å². The number of hydrogen-bond donors (Lipinski definition) is 1. The lowest BCUT2D eigenvalue weighted by molar-refractivity contribution is -0.136. The van der Waals surface area contributed by atoms with Crippen molar-refractivity contribution in [1.29, 1.82) is 0 Å². The molecular weight excluding hydrogens is 649 g/mol. The van der Waals surface area contributed by atoms with Crippen molar-refractivity contribution in [2.75, 3.05) is 47.4 Å². The van der Waals surface area contributed by atoms with E-state index in [0.29, 0.717) is 18.5 Å². The van der Waals surface area contributed by atoms with E-state index in [-0.39, 0.29) is 30.1 Å². The van der Waals surface area contributed by atoms with Gasteiger partial charge in [0.15, 0.2) is 5.65 Å². The Bertz CT molecular complexity index is 2200. The molecule has 0 aliphatic carbocycles. The van der Waals surface area contributed by atoms with Gasteiger partial charge in [-0.05, 0) is 85.0 Å². The van der Waals surface area contributed by atoms with Crippen molar-refractivity contribution in [2.45, 2.75) is 44.3 Å². The van der Waals surface area contributed by atoms with Crippen molar-refractivity contribution in [3.63, 3.8) is 0 Å². The summed E-state index contributed by atoms with van der Waals surface area (Å²) in [5.41, 5.74) is 5.82. The highest BCUT2D eigenvalue weighted by Gasteiger charge is 2.39. The van der Waals surface area contributed by atoms with Gasteiger partial charge >= 0.3 is 0 Å². The first-order chi connectivity index (χ1) is 24.9. The van der Waals surface area contributed by atoms with Gasteiger partial charge in [0, 0.05) is 56.9 Å². The maximum absolute atomic E-state index is 14.1. The molecule has 0 radical (unpaired) electrons. The van der Waals surface area contributed by atoms with E-state index in [4.69, 9.17) is 10.1 Å². The molecule has 2 atom stereocenters. The van der Waals surface area contributed by atoms with E-state index in [0.717, 1.165) is 91.1 Å². The molecule has 0 bridgehead atoms. The van der Waals surface area contributed by atoms with Crippen LogP contribution in [-0.2, 0) is 16.1 Å². The number of carbonyl (C=O) groups excluding carboxylic acids is 3. The fourth-order valence-corrected chi connectivity index (χ4v) is 7.99. The highest BCUT2D eigenvalue weighted by molar-refractivity contribution is 6.05. The van der Waals surface area contributed by atoms with Crippen molar-refractivity contribution in [3.8, 4) is 11.4 Å². The molecule has 51 heavy (non-hydrogen) atoms. The molecule has 258 valence electrons. The van der Waals surface area contributed by atoms with Crippen molar-refractivity contribution < 1.29 is 18.8 Å². The highest BCUT2D eigenvalue weighted by atomic mass is 19.1. The molecule has 1 N–H and O–H groups in total. The maximum atomic E-state index is 14.1. The van der Waals surface area contributed by atoms with Gasteiger partial charge < -0.3 is 19.6 Å². The standard InChI is InChI=1S/C38H36FN9O3/c39-26-5-1-4-24(20-26)30-7-3-15-46(30)35-13-12-33-40-22-32(48(33)43-35)29-6-2-8-34(41-29)45-18-16-44(17-19-45)27-9-10-28-25(21-27)23-47(38(28)51)31-11-14-36(49)42-37(31)50/h1-2,4-6,8-10,12-13,20-22,30-31H,3,7,11,14-19,23H2,(H,42,49,50). The number of pyridine rings is 1.